The third-order valence-corrected chi connectivity index (χ3v) is 2.17. The van der Waals surface area contributed by atoms with Crippen LogP contribution in [0.5, 0.6) is 0 Å². The largest absolute Gasteiger partial charge is 0.478 e. The second kappa shape index (κ2) is 5.98. The maximum atomic E-state index is 12.3. The summed E-state index contributed by atoms with van der Waals surface area (Å²) in [6.45, 7) is -0.391. The Morgan fingerprint density at radius 3 is 2.71 bits per heavy atom. The van der Waals surface area contributed by atoms with Crippen molar-refractivity contribution in [1.82, 2.24) is 0 Å². The van der Waals surface area contributed by atoms with Gasteiger partial charge in [0.25, 0.3) is 6.43 Å². The van der Waals surface area contributed by atoms with Gasteiger partial charge in [-0.3, -0.25) is 0 Å². The molecule has 0 spiro atoms. The van der Waals surface area contributed by atoms with E-state index in [0.29, 0.717) is 11.3 Å². The SMILES string of the molecule is CN(CC(F)F)c1ccccc1/C=C/C(=O)O. The molecule has 0 amide bonds. The van der Waals surface area contributed by atoms with Gasteiger partial charge in [-0.15, -0.1) is 0 Å². The average molecular weight is 241 g/mol. The molecule has 92 valence electrons. The summed E-state index contributed by atoms with van der Waals surface area (Å²) in [5.41, 5.74) is 1.17. The van der Waals surface area contributed by atoms with E-state index in [1.165, 1.54) is 11.0 Å². The highest BCUT2D eigenvalue weighted by molar-refractivity contribution is 5.86. The molecule has 0 heterocycles. The Hall–Kier alpha value is -1.91. The highest BCUT2D eigenvalue weighted by atomic mass is 19.3. The summed E-state index contributed by atoms with van der Waals surface area (Å²) in [5, 5.41) is 8.53. The van der Waals surface area contributed by atoms with Gasteiger partial charge in [-0.2, -0.15) is 0 Å². The lowest BCUT2D eigenvalue weighted by atomic mass is 10.1. The summed E-state index contributed by atoms with van der Waals surface area (Å²) in [6, 6.07) is 6.79. The molecule has 0 aromatic heterocycles. The lowest BCUT2D eigenvalue weighted by Crippen LogP contribution is -2.24. The molecule has 0 aliphatic carbocycles. The van der Waals surface area contributed by atoms with Crippen molar-refractivity contribution in [2.45, 2.75) is 6.43 Å². The molecule has 1 N–H and O–H groups in total. The van der Waals surface area contributed by atoms with Crippen molar-refractivity contribution in [3.63, 3.8) is 0 Å². The van der Waals surface area contributed by atoms with E-state index < -0.39 is 18.9 Å². The number of aliphatic carboxylic acids is 1. The molecule has 0 bridgehead atoms. The van der Waals surface area contributed by atoms with Crippen LogP contribution in [-0.2, 0) is 4.79 Å². The van der Waals surface area contributed by atoms with Gasteiger partial charge < -0.3 is 10.0 Å². The molecule has 0 saturated heterocycles. The van der Waals surface area contributed by atoms with Crippen molar-refractivity contribution in [3.05, 3.63) is 35.9 Å². The zero-order valence-electron chi connectivity index (χ0n) is 9.31. The molecule has 0 aliphatic heterocycles. The van der Waals surface area contributed by atoms with Crippen LogP contribution in [-0.4, -0.2) is 31.1 Å². The number of carboxylic acid groups (broad SMARTS) is 1. The van der Waals surface area contributed by atoms with E-state index in [2.05, 4.69) is 0 Å². The molecule has 5 heteroatoms. The predicted octanol–water partition coefficient (Wildman–Crippen LogP) is 2.49. The minimum absolute atomic E-state index is 0.391. The number of carbonyl (C=O) groups is 1. The van der Waals surface area contributed by atoms with Gasteiger partial charge in [0, 0.05) is 18.8 Å². The summed E-state index contributed by atoms with van der Waals surface area (Å²) >= 11 is 0. The number of alkyl halides is 2. The normalized spacial score (nSPS) is 11.1. The molecular formula is C12H13F2NO2. The molecule has 17 heavy (non-hydrogen) atoms. The first-order valence-electron chi connectivity index (χ1n) is 5.00. The summed E-state index contributed by atoms with van der Waals surface area (Å²) in [5.74, 6) is -1.07. The number of anilines is 1. The first kappa shape index (κ1) is 13.2. The zero-order valence-corrected chi connectivity index (χ0v) is 9.31. The van der Waals surface area contributed by atoms with E-state index in [1.54, 1.807) is 31.3 Å². The van der Waals surface area contributed by atoms with Crippen LogP contribution in [0.3, 0.4) is 0 Å². The second-order valence-electron chi connectivity index (χ2n) is 3.50. The summed E-state index contributed by atoms with van der Waals surface area (Å²) < 4.78 is 24.5. The van der Waals surface area contributed by atoms with Crippen LogP contribution in [0.2, 0.25) is 0 Å². The number of carboxylic acids is 1. The van der Waals surface area contributed by atoms with Crippen LogP contribution in [0, 0.1) is 0 Å². The van der Waals surface area contributed by atoms with Crippen LogP contribution in [0.15, 0.2) is 30.3 Å². The first-order chi connectivity index (χ1) is 8.00. The number of nitrogens with zero attached hydrogens (tertiary/aromatic N) is 1. The fourth-order valence-corrected chi connectivity index (χ4v) is 1.44. The van der Waals surface area contributed by atoms with Gasteiger partial charge in [0.1, 0.15) is 0 Å². The second-order valence-corrected chi connectivity index (χ2v) is 3.50. The van der Waals surface area contributed by atoms with Crippen LogP contribution >= 0.6 is 0 Å². The number of hydrogen-bond donors (Lipinski definition) is 1. The topological polar surface area (TPSA) is 40.5 Å². The molecule has 1 aromatic rings. The molecule has 3 nitrogen and oxygen atoms in total. The maximum Gasteiger partial charge on any atom is 0.328 e. The van der Waals surface area contributed by atoms with E-state index >= 15 is 0 Å². The Labute approximate surface area is 98.0 Å². The Morgan fingerprint density at radius 2 is 2.12 bits per heavy atom. The van der Waals surface area contributed by atoms with Crippen LogP contribution in [0.25, 0.3) is 6.08 Å². The van der Waals surface area contributed by atoms with E-state index in [-0.39, 0.29) is 0 Å². The van der Waals surface area contributed by atoms with Gasteiger partial charge in [-0.25, -0.2) is 13.6 Å². The molecule has 0 radical (unpaired) electrons. The van der Waals surface area contributed by atoms with Crippen molar-refractivity contribution >= 4 is 17.7 Å². The van der Waals surface area contributed by atoms with Gasteiger partial charge in [0.15, 0.2) is 0 Å². The summed E-state index contributed by atoms with van der Waals surface area (Å²) in [4.78, 5) is 11.8. The highest BCUT2D eigenvalue weighted by Crippen LogP contribution is 2.21. The van der Waals surface area contributed by atoms with Gasteiger partial charge in [-0.05, 0) is 17.7 Å². The molecule has 1 rings (SSSR count). The zero-order chi connectivity index (χ0) is 12.8. The van der Waals surface area contributed by atoms with Crippen molar-refractivity contribution in [2.75, 3.05) is 18.5 Å². The van der Waals surface area contributed by atoms with Crippen molar-refractivity contribution in [3.8, 4) is 0 Å². The quantitative estimate of drug-likeness (QED) is 0.805. The third-order valence-electron chi connectivity index (χ3n) is 2.17. The molecule has 0 atom stereocenters. The summed E-state index contributed by atoms with van der Waals surface area (Å²) in [6.07, 6.45) is -0.0641. The number of benzene rings is 1. The van der Waals surface area contributed by atoms with Crippen LogP contribution in [0.4, 0.5) is 14.5 Å². The number of halogens is 2. The van der Waals surface area contributed by atoms with E-state index in [9.17, 15) is 13.6 Å². The Balaban J connectivity index is 2.95. The predicted molar refractivity (Wildman–Crippen MR) is 62.4 cm³/mol. The minimum atomic E-state index is -2.43. The average Bonchev–Trinajstić information content (AvgIpc) is 2.25. The monoisotopic (exact) mass is 241 g/mol. The lowest BCUT2D eigenvalue weighted by molar-refractivity contribution is -0.131. The number of rotatable bonds is 5. The first-order valence-corrected chi connectivity index (χ1v) is 5.00. The van der Waals surface area contributed by atoms with Crippen molar-refractivity contribution < 1.29 is 18.7 Å². The molecule has 0 saturated carbocycles. The Kier molecular flexibility index (Phi) is 4.63. The van der Waals surface area contributed by atoms with Crippen LogP contribution in [0.1, 0.15) is 5.56 Å². The number of hydrogen-bond acceptors (Lipinski definition) is 2. The highest BCUT2D eigenvalue weighted by Gasteiger charge is 2.10. The standard InChI is InChI=1S/C12H13F2NO2/c1-15(8-11(13)14)10-5-3-2-4-9(10)6-7-12(16)17/h2-7,11H,8H2,1H3,(H,16,17)/b7-6+. The fraction of sp³-hybridized carbons (Fsp3) is 0.250. The Morgan fingerprint density at radius 1 is 1.47 bits per heavy atom. The summed E-state index contributed by atoms with van der Waals surface area (Å²) in [7, 11) is 1.54. The third kappa shape index (κ3) is 4.22. The van der Waals surface area contributed by atoms with Crippen molar-refractivity contribution in [2.24, 2.45) is 0 Å². The van der Waals surface area contributed by atoms with Crippen LogP contribution < -0.4 is 4.90 Å². The Bertz CT molecular complexity index is 419. The lowest BCUT2D eigenvalue weighted by Gasteiger charge is -2.20. The molecule has 0 fully saturated rings. The fourth-order valence-electron chi connectivity index (χ4n) is 1.44. The minimum Gasteiger partial charge on any atom is -0.478 e. The molecular weight excluding hydrogens is 228 g/mol. The van der Waals surface area contributed by atoms with Gasteiger partial charge in [0.2, 0.25) is 0 Å². The van der Waals surface area contributed by atoms with E-state index in [1.807, 2.05) is 0 Å². The molecule has 0 unspecified atom stereocenters. The van der Waals surface area contributed by atoms with Crippen molar-refractivity contribution in [1.29, 1.82) is 0 Å². The van der Waals surface area contributed by atoms with Gasteiger partial charge in [0.05, 0.1) is 6.54 Å². The van der Waals surface area contributed by atoms with Gasteiger partial charge >= 0.3 is 5.97 Å². The van der Waals surface area contributed by atoms with Gasteiger partial charge in [-0.1, -0.05) is 18.2 Å². The van der Waals surface area contributed by atoms with E-state index in [0.717, 1.165) is 6.08 Å². The maximum absolute atomic E-state index is 12.3. The smallest absolute Gasteiger partial charge is 0.328 e. The number of para-hydroxylation sites is 1. The molecule has 0 aliphatic rings. The molecule has 1 aromatic carbocycles. The van der Waals surface area contributed by atoms with E-state index in [4.69, 9.17) is 5.11 Å².